The minimum atomic E-state index is -0.262. The molecular formula is C12H14ClFN2O. The summed E-state index contributed by atoms with van der Waals surface area (Å²) in [5.41, 5.74) is 0.550. The average molecular weight is 257 g/mol. The number of hydrogen-bond donors (Lipinski definition) is 2. The van der Waals surface area contributed by atoms with Crippen molar-refractivity contribution in [2.24, 2.45) is 0 Å². The van der Waals surface area contributed by atoms with E-state index >= 15 is 0 Å². The van der Waals surface area contributed by atoms with Crippen LogP contribution in [0.4, 0.5) is 4.39 Å². The Morgan fingerprint density at radius 2 is 2.35 bits per heavy atom. The molecule has 92 valence electrons. The summed E-state index contributed by atoms with van der Waals surface area (Å²) in [5.74, 6) is -0.182. The van der Waals surface area contributed by atoms with E-state index in [0.29, 0.717) is 30.1 Å². The Kier molecular flexibility index (Phi) is 3.97. The molecule has 5 heteroatoms. The molecule has 0 aromatic heterocycles. The van der Waals surface area contributed by atoms with Gasteiger partial charge in [0.2, 0.25) is 5.91 Å². The van der Waals surface area contributed by atoms with Gasteiger partial charge < -0.3 is 10.6 Å². The van der Waals surface area contributed by atoms with Crippen molar-refractivity contribution in [2.45, 2.75) is 25.4 Å². The molecule has 1 atom stereocenters. The molecule has 3 nitrogen and oxygen atoms in total. The monoisotopic (exact) mass is 256 g/mol. The lowest BCUT2D eigenvalue weighted by molar-refractivity contribution is -0.122. The van der Waals surface area contributed by atoms with Crippen molar-refractivity contribution in [1.82, 2.24) is 10.6 Å². The molecule has 0 bridgehead atoms. The normalized spacial score (nSPS) is 20.1. The number of carbonyl (C=O) groups excluding carboxylic acids is 1. The number of benzene rings is 1. The molecule has 0 spiro atoms. The Labute approximate surface area is 104 Å². The standard InChI is InChI=1S/C12H14ClFN2O/c13-9-1-3-11(14)8(5-9)6-15-10-2-4-12(17)16-7-10/h1,3,5,10,15H,2,4,6-7H2,(H,16,17). The first-order chi connectivity index (χ1) is 8.15. The lowest BCUT2D eigenvalue weighted by Crippen LogP contribution is -2.45. The number of amides is 1. The first-order valence-electron chi connectivity index (χ1n) is 5.59. The summed E-state index contributed by atoms with van der Waals surface area (Å²) in [4.78, 5) is 11.0. The maximum absolute atomic E-state index is 13.4. The van der Waals surface area contributed by atoms with E-state index < -0.39 is 0 Å². The molecule has 1 aliphatic rings. The molecule has 0 radical (unpaired) electrons. The lowest BCUT2D eigenvalue weighted by Gasteiger charge is -2.23. The van der Waals surface area contributed by atoms with Crippen LogP contribution < -0.4 is 10.6 Å². The molecule has 1 saturated heterocycles. The van der Waals surface area contributed by atoms with Crippen molar-refractivity contribution in [3.8, 4) is 0 Å². The zero-order valence-corrected chi connectivity index (χ0v) is 10.1. The molecule has 1 amide bonds. The number of rotatable bonds is 3. The quantitative estimate of drug-likeness (QED) is 0.867. The van der Waals surface area contributed by atoms with E-state index in [-0.39, 0.29) is 17.8 Å². The Balaban J connectivity index is 1.89. The van der Waals surface area contributed by atoms with Crippen molar-refractivity contribution < 1.29 is 9.18 Å². The molecule has 1 aromatic carbocycles. The number of nitrogens with one attached hydrogen (secondary N) is 2. The Morgan fingerprint density at radius 1 is 1.53 bits per heavy atom. The number of hydrogen-bond acceptors (Lipinski definition) is 2. The predicted molar refractivity (Wildman–Crippen MR) is 64.3 cm³/mol. The summed E-state index contributed by atoms with van der Waals surface area (Å²) < 4.78 is 13.4. The van der Waals surface area contributed by atoms with Crippen LogP contribution in [0.2, 0.25) is 5.02 Å². The van der Waals surface area contributed by atoms with E-state index in [1.165, 1.54) is 12.1 Å². The highest BCUT2D eigenvalue weighted by atomic mass is 35.5. The van der Waals surface area contributed by atoms with E-state index in [2.05, 4.69) is 10.6 Å². The fourth-order valence-corrected chi connectivity index (χ4v) is 2.03. The molecular weight excluding hydrogens is 243 g/mol. The van der Waals surface area contributed by atoms with Gasteiger partial charge in [-0.3, -0.25) is 4.79 Å². The first-order valence-corrected chi connectivity index (χ1v) is 5.97. The van der Waals surface area contributed by atoms with Gasteiger partial charge in [0, 0.05) is 36.1 Å². The molecule has 0 aliphatic carbocycles. The van der Waals surface area contributed by atoms with Gasteiger partial charge in [-0.25, -0.2) is 4.39 Å². The predicted octanol–water partition coefficient (Wildman–Crippen LogP) is 1.85. The van der Waals surface area contributed by atoms with Crippen LogP contribution >= 0.6 is 11.6 Å². The largest absolute Gasteiger partial charge is 0.355 e. The Morgan fingerprint density at radius 3 is 3.06 bits per heavy atom. The maximum Gasteiger partial charge on any atom is 0.220 e. The third-order valence-corrected chi connectivity index (χ3v) is 3.09. The van der Waals surface area contributed by atoms with Crippen LogP contribution in [-0.4, -0.2) is 18.5 Å². The second-order valence-corrected chi connectivity index (χ2v) is 4.59. The van der Waals surface area contributed by atoms with Crippen molar-refractivity contribution >= 4 is 17.5 Å². The maximum atomic E-state index is 13.4. The van der Waals surface area contributed by atoms with Crippen molar-refractivity contribution in [2.75, 3.05) is 6.54 Å². The fraction of sp³-hybridized carbons (Fsp3) is 0.417. The van der Waals surface area contributed by atoms with Crippen LogP contribution in [0.25, 0.3) is 0 Å². The van der Waals surface area contributed by atoms with E-state index in [1.807, 2.05) is 0 Å². The van der Waals surface area contributed by atoms with Crippen LogP contribution in [0, 0.1) is 5.82 Å². The molecule has 1 aromatic rings. The Bertz CT molecular complexity index is 415. The summed E-state index contributed by atoms with van der Waals surface area (Å²) in [6.45, 7) is 1.02. The summed E-state index contributed by atoms with van der Waals surface area (Å²) in [6, 6.07) is 4.71. The highest BCUT2D eigenvalue weighted by Crippen LogP contribution is 2.15. The van der Waals surface area contributed by atoms with Crippen LogP contribution in [0.3, 0.4) is 0 Å². The molecule has 2 rings (SSSR count). The third kappa shape index (κ3) is 3.41. The molecule has 1 aliphatic heterocycles. The van der Waals surface area contributed by atoms with Gasteiger partial charge in [0.25, 0.3) is 0 Å². The minimum absolute atomic E-state index is 0.0805. The van der Waals surface area contributed by atoms with Crippen molar-refractivity contribution in [3.63, 3.8) is 0 Å². The molecule has 2 N–H and O–H groups in total. The molecule has 0 saturated carbocycles. The van der Waals surface area contributed by atoms with Crippen LogP contribution in [0.1, 0.15) is 18.4 Å². The van der Waals surface area contributed by atoms with Crippen LogP contribution in [-0.2, 0) is 11.3 Å². The average Bonchev–Trinajstić information content (AvgIpc) is 2.32. The van der Waals surface area contributed by atoms with Gasteiger partial charge in [-0.1, -0.05) is 11.6 Å². The van der Waals surface area contributed by atoms with Gasteiger partial charge in [-0.15, -0.1) is 0 Å². The Hall–Kier alpha value is -1.13. The summed E-state index contributed by atoms with van der Waals surface area (Å²) >= 11 is 5.81. The van der Waals surface area contributed by atoms with Crippen LogP contribution in [0.5, 0.6) is 0 Å². The second-order valence-electron chi connectivity index (χ2n) is 4.16. The second kappa shape index (κ2) is 5.47. The van der Waals surface area contributed by atoms with Gasteiger partial charge in [0.05, 0.1) is 0 Å². The van der Waals surface area contributed by atoms with Gasteiger partial charge in [-0.2, -0.15) is 0 Å². The zero-order valence-electron chi connectivity index (χ0n) is 9.30. The highest BCUT2D eigenvalue weighted by Gasteiger charge is 2.17. The lowest BCUT2D eigenvalue weighted by atomic mass is 10.1. The fourth-order valence-electron chi connectivity index (χ4n) is 1.84. The van der Waals surface area contributed by atoms with Gasteiger partial charge in [-0.05, 0) is 24.6 Å². The van der Waals surface area contributed by atoms with Gasteiger partial charge in [0.15, 0.2) is 0 Å². The van der Waals surface area contributed by atoms with Crippen LogP contribution in [0.15, 0.2) is 18.2 Å². The van der Waals surface area contributed by atoms with E-state index in [1.54, 1.807) is 6.07 Å². The molecule has 17 heavy (non-hydrogen) atoms. The van der Waals surface area contributed by atoms with E-state index in [0.717, 1.165) is 6.42 Å². The highest BCUT2D eigenvalue weighted by molar-refractivity contribution is 6.30. The smallest absolute Gasteiger partial charge is 0.220 e. The first kappa shape index (κ1) is 12.3. The SMILES string of the molecule is O=C1CCC(NCc2cc(Cl)ccc2F)CN1. The summed E-state index contributed by atoms with van der Waals surface area (Å²) in [6.07, 6.45) is 1.31. The van der Waals surface area contributed by atoms with Crippen molar-refractivity contribution in [3.05, 3.63) is 34.6 Å². The van der Waals surface area contributed by atoms with Gasteiger partial charge in [0.1, 0.15) is 5.82 Å². The number of carbonyl (C=O) groups is 1. The summed E-state index contributed by atoms with van der Waals surface area (Å²) in [5, 5.41) is 6.51. The number of halogens is 2. The topological polar surface area (TPSA) is 41.1 Å². The van der Waals surface area contributed by atoms with Gasteiger partial charge >= 0.3 is 0 Å². The number of piperidine rings is 1. The molecule has 1 unspecified atom stereocenters. The minimum Gasteiger partial charge on any atom is -0.355 e. The zero-order chi connectivity index (χ0) is 12.3. The van der Waals surface area contributed by atoms with E-state index in [4.69, 9.17) is 11.6 Å². The molecule has 1 heterocycles. The summed E-state index contributed by atoms with van der Waals surface area (Å²) in [7, 11) is 0. The van der Waals surface area contributed by atoms with E-state index in [9.17, 15) is 9.18 Å². The molecule has 1 fully saturated rings. The van der Waals surface area contributed by atoms with Crippen molar-refractivity contribution in [1.29, 1.82) is 0 Å². The third-order valence-electron chi connectivity index (χ3n) is 2.85.